The van der Waals surface area contributed by atoms with Crippen LogP contribution in [0.4, 0.5) is 5.95 Å². The Morgan fingerprint density at radius 1 is 1.25 bits per heavy atom. The van der Waals surface area contributed by atoms with Crippen LogP contribution >= 0.6 is 11.3 Å². The van der Waals surface area contributed by atoms with E-state index in [1.807, 2.05) is 22.9 Å². The van der Waals surface area contributed by atoms with Gasteiger partial charge in [-0.2, -0.15) is 0 Å². The zero-order chi connectivity index (χ0) is 14.1. The fraction of sp³-hybridized carbons (Fsp3) is 0.231. The maximum absolute atomic E-state index is 6.01. The molecule has 3 aromatic rings. The van der Waals surface area contributed by atoms with E-state index in [1.165, 1.54) is 0 Å². The summed E-state index contributed by atoms with van der Waals surface area (Å²) in [6.45, 7) is 0.641. The van der Waals surface area contributed by atoms with Crippen molar-refractivity contribution in [1.82, 2.24) is 14.5 Å². The Labute approximate surface area is 119 Å². The minimum atomic E-state index is 0.462. The van der Waals surface area contributed by atoms with Crippen molar-refractivity contribution in [3.8, 4) is 11.5 Å². The van der Waals surface area contributed by atoms with Gasteiger partial charge in [0.2, 0.25) is 5.95 Å². The van der Waals surface area contributed by atoms with Gasteiger partial charge in [0, 0.05) is 23.2 Å². The summed E-state index contributed by atoms with van der Waals surface area (Å²) in [4.78, 5) is 9.56. The number of methoxy groups -OCH3 is 2. The van der Waals surface area contributed by atoms with E-state index in [-0.39, 0.29) is 0 Å². The van der Waals surface area contributed by atoms with Gasteiger partial charge in [-0.15, -0.1) is 11.3 Å². The van der Waals surface area contributed by atoms with Gasteiger partial charge in [-0.05, 0) is 0 Å². The molecule has 104 valence electrons. The number of rotatable bonds is 4. The average molecular weight is 290 g/mol. The molecule has 6 nitrogen and oxygen atoms in total. The minimum Gasteiger partial charge on any atom is -0.493 e. The van der Waals surface area contributed by atoms with Crippen molar-refractivity contribution in [2.24, 2.45) is 0 Å². The summed E-state index contributed by atoms with van der Waals surface area (Å²) in [5, 5.41) is 0. The molecular weight excluding hydrogens is 276 g/mol. The summed E-state index contributed by atoms with van der Waals surface area (Å²) in [5.74, 6) is 1.76. The second-order valence-electron chi connectivity index (χ2n) is 4.22. The number of nitrogen functional groups attached to an aromatic ring is 1. The van der Waals surface area contributed by atoms with Gasteiger partial charge in [0.15, 0.2) is 11.5 Å². The molecule has 2 aromatic heterocycles. The number of anilines is 1. The first kappa shape index (κ1) is 12.7. The highest BCUT2D eigenvalue weighted by atomic mass is 32.1. The Bertz CT molecular complexity index is 736. The molecule has 0 aliphatic heterocycles. The Morgan fingerprint density at radius 3 is 2.65 bits per heavy atom. The zero-order valence-corrected chi connectivity index (χ0v) is 12.0. The lowest BCUT2D eigenvalue weighted by Crippen LogP contribution is -2.03. The number of ether oxygens (including phenoxy) is 2. The van der Waals surface area contributed by atoms with E-state index in [1.54, 1.807) is 31.1 Å². The molecule has 0 saturated heterocycles. The monoisotopic (exact) mass is 290 g/mol. The van der Waals surface area contributed by atoms with Crippen molar-refractivity contribution in [3.05, 3.63) is 28.7 Å². The number of hydrogen-bond acceptors (Lipinski definition) is 6. The normalized spacial score (nSPS) is 10.9. The third kappa shape index (κ3) is 2.05. The predicted molar refractivity (Wildman–Crippen MR) is 78.5 cm³/mol. The lowest BCUT2D eigenvalue weighted by molar-refractivity contribution is 0.355. The van der Waals surface area contributed by atoms with Gasteiger partial charge in [-0.3, -0.25) is 4.98 Å². The van der Waals surface area contributed by atoms with Crippen LogP contribution in [0.3, 0.4) is 0 Å². The Hall–Kier alpha value is -2.28. The van der Waals surface area contributed by atoms with Crippen LogP contribution in [0.25, 0.3) is 11.0 Å². The fourth-order valence-corrected chi connectivity index (χ4v) is 2.70. The summed E-state index contributed by atoms with van der Waals surface area (Å²) in [5.41, 5.74) is 9.50. The van der Waals surface area contributed by atoms with Crippen molar-refractivity contribution in [1.29, 1.82) is 0 Å². The maximum atomic E-state index is 6.01. The second kappa shape index (κ2) is 5.01. The number of fused-ring (bicyclic) bond motifs is 1. The van der Waals surface area contributed by atoms with E-state index in [2.05, 4.69) is 9.97 Å². The van der Waals surface area contributed by atoms with Crippen molar-refractivity contribution in [2.45, 2.75) is 6.54 Å². The second-order valence-corrected chi connectivity index (χ2v) is 5.19. The van der Waals surface area contributed by atoms with Gasteiger partial charge < -0.3 is 19.8 Å². The Morgan fingerprint density at radius 2 is 2.00 bits per heavy atom. The highest BCUT2D eigenvalue weighted by Gasteiger charge is 2.14. The number of nitrogens with two attached hydrogens (primary N) is 1. The molecule has 1 aromatic carbocycles. The Kier molecular flexibility index (Phi) is 3.19. The summed E-state index contributed by atoms with van der Waals surface area (Å²) in [7, 11) is 3.21. The van der Waals surface area contributed by atoms with Crippen LogP contribution in [0.5, 0.6) is 11.5 Å². The molecule has 0 spiro atoms. The van der Waals surface area contributed by atoms with Crippen LogP contribution in [-0.4, -0.2) is 28.8 Å². The first-order valence-electron chi connectivity index (χ1n) is 5.98. The number of benzene rings is 1. The molecule has 0 bridgehead atoms. The van der Waals surface area contributed by atoms with Crippen LogP contribution in [0.15, 0.2) is 23.8 Å². The van der Waals surface area contributed by atoms with Gasteiger partial charge >= 0.3 is 0 Å². The molecule has 0 atom stereocenters. The lowest BCUT2D eigenvalue weighted by Gasteiger charge is -2.09. The number of thiazole rings is 1. The van der Waals surface area contributed by atoms with Crippen LogP contribution in [-0.2, 0) is 6.54 Å². The topological polar surface area (TPSA) is 75.2 Å². The molecule has 0 aliphatic rings. The predicted octanol–water partition coefficient (Wildman–Crippen LogP) is 2.14. The van der Waals surface area contributed by atoms with E-state index >= 15 is 0 Å². The highest BCUT2D eigenvalue weighted by Crippen LogP contribution is 2.33. The first-order valence-corrected chi connectivity index (χ1v) is 6.86. The smallest absolute Gasteiger partial charge is 0.201 e. The van der Waals surface area contributed by atoms with Gasteiger partial charge in [0.05, 0.1) is 37.3 Å². The number of nitrogens with zero attached hydrogens (tertiary/aromatic N) is 3. The molecular formula is C13H14N4O2S. The van der Waals surface area contributed by atoms with E-state index in [9.17, 15) is 0 Å². The van der Waals surface area contributed by atoms with Gasteiger partial charge in [0.1, 0.15) is 0 Å². The third-order valence-electron chi connectivity index (χ3n) is 3.08. The summed E-state index contributed by atoms with van der Waals surface area (Å²) in [6, 6.07) is 3.71. The Balaban J connectivity index is 2.14. The zero-order valence-electron chi connectivity index (χ0n) is 11.2. The summed E-state index contributed by atoms with van der Waals surface area (Å²) >= 11 is 1.58. The average Bonchev–Trinajstić information content (AvgIpc) is 3.06. The largest absolute Gasteiger partial charge is 0.493 e. The van der Waals surface area contributed by atoms with E-state index < -0.39 is 0 Å². The first-order chi connectivity index (χ1) is 9.72. The third-order valence-corrected chi connectivity index (χ3v) is 3.84. The molecule has 2 heterocycles. The molecule has 0 saturated carbocycles. The van der Waals surface area contributed by atoms with Crippen molar-refractivity contribution in [3.63, 3.8) is 0 Å². The van der Waals surface area contributed by atoms with Crippen molar-refractivity contribution < 1.29 is 9.47 Å². The molecule has 0 radical (unpaired) electrons. The maximum Gasteiger partial charge on any atom is 0.201 e. The number of hydrogen-bond donors (Lipinski definition) is 1. The number of aromatic nitrogens is 3. The highest BCUT2D eigenvalue weighted by molar-refractivity contribution is 7.09. The standard InChI is InChI=1S/C13H14N4O2S/c1-18-11-3-9-10(4-12(11)19-2)17(13(14)16-9)6-8-5-15-7-20-8/h3-5,7H,6H2,1-2H3,(H2,14,16). The van der Waals surface area contributed by atoms with Gasteiger partial charge in [-0.1, -0.05) is 0 Å². The van der Waals surface area contributed by atoms with E-state index in [0.717, 1.165) is 15.9 Å². The molecule has 7 heteroatoms. The van der Waals surface area contributed by atoms with Crippen LogP contribution < -0.4 is 15.2 Å². The molecule has 0 fully saturated rings. The SMILES string of the molecule is COc1cc2nc(N)n(Cc3cncs3)c2cc1OC. The van der Waals surface area contributed by atoms with Crippen LogP contribution in [0.2, 0.25) is 0 Å². The molecule has 2 N–H and O–H groups in total. The molecule has 20 heavy (non-hydrogen) atoms. The summed E-state index contributed by atoms with van der Waals surface area (Å²) in [6.07, 6.45) is 1.83. The minimum absolute atomic E-state index is 0.462. The fourth-order valence-electron chi connectivity index (χ4n) is 2.11. The molecule has 3 rings (SSSR count). The molecule has 0 aliphatic carbocycles. The molecule has 0 amide bonds. The lowest BCUT2D eigenvalue weighted by atomic mass is 10.2. The van der Waals surface area contributed by atoms with Crippen LogP contribution in [0.1, 0.15) is 4.88 Å². The number of imidazole rings is 1. The van der Waals surface area contributed by atoms with E-state index in [4.69, 9.17) is 15.2 Å². The van der Waals surface area contributed by atoms with Gasteiger partial charge in [0.25, 0.3) is 0 Å². The van der Waals surface area contributed by atoms with Gasteiger partial charge in [-0.25, -0.2) is 4.98 Å². The summed E-state index contributed by atoms with van der Waals surface area (Å²) < 4.78 is 12.5. The quantitative estimate of drug-likeness (QED) is 0.796. The van der Waals surface area contributed by atoms with E-state index in [0.29, 0.717) is 24.0 Å². The van der Waals surface area contributed by atoms with Crippen molar-refractivity contribution in [2.75, 3.05) is 20.0 Å². The molecule has 0 unspecified atom stereocenters. The van der Waals surface area contributed by atoms with Crippen LogP contribution in [0, 0.1) is 0 Å². The van der Waals surface area contributed by atoms with Crippen molar-refractivity contribution >= 4 is 28.3 Å².